The molecular weight excluding hydrogens is 561 g/mol. The smallest absolute Gasteiger partial charge is 0.213 e. The van der Waals surface area contributed by atoms with E-state index < -0.39 is 11.5 Å². The summed E-state index contributed by atoms with van der Waals surface area (Å²) in [6, 6.07) is 36.0. The van der Waals surface area contributed by atoms with Crippen molar-refractivity contribution in [1.82, 2.24) is 9.55 Å². The average molecular weight is 590 g/mol. The van der Waals surface area contributed by atoms with E-state index in [1.54, 1.807) is 6.08 Å². The maximum Gasteiger partial charge on any atom is 0.213 e. The monoisotopic (exact) mass is 588 g/mol. The van der Waals surface area contributed by atoms with Crippen LogP contribution >= 0.6 is 34.8 Å². The lowest BCUT2D eigenvalue weighted by atomic mass is 9.38. The predicted molar refractivity (Wildman–Crippen MR) is 171 cm³/mol. The molecule has 7 heteroatoms. The molecule has 0 amide bonds. The van der Waals surface area contributed by atoms with Crippen LogP contribution in [0.5, 0.6) is 0 Å². The molecule has 0 aliphatic carbocycles. The molecule has 1 heterocycles. The van der Waals surface area contributed by atoms with E-state index in [0.717, 1.165) is 22.3 Å². The summed E-state index contributed by atoms with van der Waals surface area (Å²) in [5.74, 6) is 0. The van der Waals surface area contributed by atoms with E-state index in [4.69, 9.17) is 34.8 Å². The molecule has 0 fully saturated rings. The van der Waals surface area contributed by atoms with Gasteiger partial charge >= 0.3 is 0 Å². The molecule has 0 N–H and O–H groups in total. The van der Waals surface area contributed by atoms with Crippen LogP contribution in [0.25, 0.3) is 16.9 Å². The Morgan fingerprint density at radius 3 is 1.95 bits per heavy atom. The fourth-order valence-electron chi connectivity index (χ4n) is 4.32. The molecule has 0 bridgehead atoms. The molecule has 0 saturated heterocycles. The molecule has 5 aromatic rings. The van der Waals surface area contributed by atoms with E-state index >= 15 is 0 Å². The molecule has 40 heavy (non-hydrogen) atoms. The lowest BCUT2D eigenvalue weighted by Crippen LogP contribution is -2.41. The molecular formula is C33H29BCl3FN2. The minimum absolute atomic E-state index is 0.0856. The van der Waals surface area contributed by atoms with E-state index in [-0.39, 0.29) is 6.71 Å². The first-order valence-corrected chi connectivity index (χ1v) is 14.2. The molecule has 1 aromatic heterocycles. The summed E-state index contributed by atoms with van der Waals surface area (Å²) in [7, 11) is 0. The number of para-hydroxylation sites is 1. The number of halogens is 4. The Morgan fingerprint density at radius 2 is 1.40 bits per heavy atom. The Kier molecular flexibility index (Phi) is 11.1. The number of imidazole rings is 1. The van der Waals surface area contributed by atoms with Crippen LogP contribution in [0.1, 0.15) is 6.92 Å². The SMILES string of the molecule is CC(F)C(Cl)C=CCB(c1cccc(Cl)c1)c1cccc(Cl)c1.c1ccc(-c2cncn2-c2ccccc2)cc1. The van der Waals surface area contributed by atoms with Gasteiger partial charge in [0.25, 0.3) is 0 Å². The van der Waals surface area contributed by atoms with Gasteiger partial charge in [0.1, 0.15) is 6.17 Å². The van der Waals surface area contributed by atoms with E-state index in [9.17, 15) is 4.39 Å². The molecule has 2 atom stereocenters. The van der Waals surface area contributed by atoms with Crippen molar-refractivity contribution in [3.63, 3.8) is 0 Å². The third-order valence-electron chi connectivity index (χ3n) is 6.38. The largest absolute Gasteiger partial charge is 0.299 e. The van der Waals surface area contributed by atoms with E-state index in [1.165, 1.54) is 12.5 Å². The Labute approximate surface area is 251 Å². The Bertz CT molecular complexity index is 1410. The Balaban J connectivity index is 0.000000192. The molecule has 5 rings (SSSR count). The lowest BCUT2D eigenvalue weighted by Gasteiger charge is -2.14. The normalized spacial score (nSPS) is 12.4. The van der Waals surface area contributed by atoms with Gasteiger partial charge in [0.2, 0.25) is 6.71 Å². The van der Waals surface area contributed by atoms with Crippen LogP contribution in [0.2, 0.25) is 16.4 Å². The molecule has 2 nitrogen and oxygen atoms in total. The minimum atomic E-state index is -1.08. The number of allylic oxidation sites excluding steroid dienone is 2. The van der Waals surface area contributed by atoms with Crippen LogP contribution in [0.3, 0.4) is 0 Å². The molecule has 0 spiro atoms. The second-order valence-corrected chi connectivity index (χ2v) is 10.7. The Hall–Kier alpha value is -3.31. The highest BCUT2D eigenvalue weighted by Gasteiger charge is 2.19. The first kappa shape index (κ1) is 29.7. The summed E-state index contributed by atoms with van der Waals surface area (Å²) in [6.07, 6.45) is 6.97. The predicted octanol–water partition coefficient (Wildman–Crippen LogP) is 8.66. The minimum Gasteiger partial charge on any atom is -0.299 e. The molecule has 0 aliphatic rings. The summed E-state index contributed by atoms with van der Waals surface area (Å²) in [4.78, 5) is 4.24. The van der Waals surface area contributed by atoms with Gasteiger partial charge in [-0.15, -0.1) is 11.6 Å². The van der Waals surface area contributed by atoms with Gasteiger partial charge in [-0.1, -0.05) is 119 Å². The summed E-state index contributed by atoms with van der Waals surface area (Å²) >= 11 is 18.2. The van der Waals surface area contributed by atoms with Crippen LogP contribution in [-0.4, -0.2) is 27.8 Å². The fraction of sp³-hybridized carbons (Fsp3) is 0.121. The maximum atomic E-state index is 13.2. The zero-order valence-corrected chi connectivity index (χ0v) is 24.3. The number of nitrogens with zero attached hydrogens (tertiary/aromatic N) is 2. The zero-order valence-electron chi connectivity index (χ0n) is 22.0. The summed E-state index contributed by atoms with van der Waals surface area (Å²) in [6.45, 7) is 1.54. The molecule has 0 saturated carbocycles. The Morgan fingerprint density at radius 1 is 0.825 bits per heavy atom. The molecule has 4 aromatic carbocycles. The van der Waals surface area contributed by atoms with Crippen LogP contribution in [-0.2, 0) is 0 Å². The highest BCUT2D eigenvalue weighted by molar-refractivity contribution is 6.85. The van der Waals surface area contributed by atoms with Crippen molar-refractivity contribution in [3.8, 4) is 16.9 Å². The number of alkyl halides is 2. The van der Waals surface area contributed by atoms with Crippen molar-refractivity contribution in [3.05, 3.63) is 144 Å². The van der Waals surface area contributed by atoms with Gasteiger partial charge in [0.05, 0.1) is 23.6 Å². The third-order valence-corrected chi connectivity index (χ3v) is 7.34. The maximum absolute atomic E-state index is 13.2. The fourth-order valence-corrected chi connectivity index (χ4v) is 4.82. The lowest BCUT2D eigenvalue weighted by molar-refractivity contribution is 0.369. The topological polar surface area (TPSA) is 17.8 Å². The second kappa shape index (κ2) is 14.9. The van der Waals surface area contributed by atoms with Gasteiger partial charge in [0, 0.05) is 21.3 Å². The first-order valence-electron chi connectivity index (χ1n) is 13.0. The van der Waals surface area contributed by atoms with Crippen LogP contribution in [0.15, 0.2) is 134 Å². The van der Waals surface area contributed by atoms with E-state index in [2.05, 4.69) is 33.8 Å². The van der Waals surface area contributed by atoms with Crippen LogP contribution in [0.4, 0.5) is 4.39 Å². The van der Waals surface area contributed by atoms with Gasteiger partial charge in [-0.25, -0.2) is 9.37 Å². The highest BCUT2D eigenvalue weighted by atomic mass is 35.5. The third kappa shape index (κ3) is 8.35. The number of rotatable bonds is 8. The second-order valence-electron chi connectivity index (χ2n) is 9.30. The van der Waals surface area contributed by atoms with Gasteiger partial charge < -0.3 is 0 Å². The quantitative estimate of drug-likeness (QED) is 0.101. The van der Waals surface area contributed by atoms with E-state index in [0.29, 0.717) is 16.4 Å². The molecule has 202 valence electrons. The molecule has 2 unspecified atom stereocenters. The van der Waals surface area contributed by atoms with Crippen molar-refractivity contribution in [2.45, 2.75) is 24.8 Å². The average Bonchev–Trinajstić information content (AvgIpc) is 3.47. The van der Waals surface area contributed by atoms with Gasteiger partial charge in [0.15, 0.2) is 0 Å². The van der Waals surface area contributed by atoms with Gasteiger partial charge in [-0.05, 0) is 49.6 Å². The van der Waals surface area contributed by atoms with Crippen LogP contribution in [0, 0.1) is 0 Å². The van der Waals surface area contributed by atoms with Crippen LogP contribution < -0.4 is 10.9 Å². The number of hydrogen-bond donors (Lipinski definition) is 0. The van der Waals surface area contributed by atoms with Gasteiger partial charge in [-0.2, -0.15) is 0 Å². The van der Waals surface area contributed by atoms with Crippen molar-refractivity contribution in [2.75, 3.05) is 0 Å². The zero-order chi connectivity index (χ0) is 28.3. The summed E-state index contributed by atoms with van der Waals surface area (Å²) in [5.41, 5.74) is 5.59. The number of hydrogen-bond acceptors (Lipinski definition) is 1. The molecule has 0 aliphatic heterocycles. The standard InChI is InChI=1S/C18H17BCl3F.C15H12N2/c1-13(23)18(22)9-4-10-19(14-5-2-7-16(20)11-14)15-6-3-8-17(21)12-15;1-3-7-13(8-4-1)15-11-16-12-17(15)14-9-5-2-6-10-14/h2-9,11-13,18H,10H2,1H3;1-12H. The highest BCUT2D eigenvalue weighted by Crippen LogP contribution is 2.22. The molecule has 0 radical (unpaired) electrons. The number of benzene rings is 4. The first-order chi connectivity index (χ1) is 19.4. The van der Waals surface area contributed by atoms with E-state index in [1.807, 2.05) is 104 Å². The summed E-state index contributed by atoms with van der Waals surface area (Å²) in [5, 5.41) is 0.756. The van der Waals surface area contributed by atoms with Gasteiger partial charge in [-0.3, -0.25) is 4.57 Å². The van der Waals surface area contributed by atoms with Crippen molar-refractivity contribution in [1.29, 1.82) is 0 Å². The number of aromatic nitrogens is 2. The van der Waals surface area contributed by atoms with Crippen molar-refractivity contribution in [2.24, 2.45) is 0 Å². The van der Waals surface area contributed by atoms with Crippen molar-refractivity contribution >= 4 is 52.4 Å². The van der Waals surface area contributed by atoms with Crippen molar-refractivity contribution < 1.29 is 4.39 Å². The summed E-state index contributed by atoms with van der Waals surface area (Å²) < 4.78 is 15.2.